The van der Waals surface area contributed by atoms with Crippen LogP contribution in [0.1, 0.15) is 10.4 Å². The second-order valence-corrected chi connectivity index (χ2v) is 3.56. The molecule has 98 valence electrons. The summed E-state index contributed by atoms with van der Waals surface area (Å²) >= 11 is 0. The Morgan fingerprint density at radius 3 is 2.68 bits per heavy atom. The lowest BCUT2D eigenvalue weighted by atomic mass is 10.2. The molecule has 7 nitrogen and oxygen atoms in total. The van der Waals surface area contributed by atoms with Gasteiger partial charge in [0.05, 0.1) is 12.7 Å². The van der Waals surface area contributed by atoms with Gasteiger partial charge in [0.1, 0.15) is 12.1 Å². The summed E-state index contributed by atoms with van der Waals surface area (Å²) in [7, 11) is 1.42. The van der Waals surface area contributed by atoms with Crippen LogP contribution in [0.5, 0.6) is 17.4 Å². The molecule has 0 saturated heterocycles. The number of ether oxygens (including phenoxy) is 2. The van der Waals surface area contributed by atoms with Crippen LogP contribution in [0.3, 0.4) is 0 Å². The highest BCUT2D eigenvalue weighted by atomic mass is 16.5. The monoisotopic (exact) mass is 260 g/mol. The molecule has 0 aliphatic carbocycles. The molecule has 1 heterocycles. The van der Waals surface area contributed by atoms with Crippen molar-refractivity contribution in [3.05, 3.63) is 36.2 Å². The molecule has 0 atom stereocenters. The molecule has 1 amide bonds. The number of hydrogen-bond acceptors (Lipinski definition) is 6. The standard InChI is InChI=1S/C12H12N4O3/c1-18-9-10(13)15-6-16-12(9)19-8-5-3-2-4-7(8)11(14)17/h2-6H,1H3,(H2,14,17)(H2,13,15,16). The van der Waals surface area contributed by atoms with Crippen LogP contribution >= 0.6 is 0 Å². The number of primary amides is 1. The minimum atomic E-state index is -0.600. The third kappa shape index (κ3) is 2.54. The Kier molecular flexibility index (Phi) is 3.46. The van der Waals surface area contributed by atoms with E-state index >= 15 is 0 Å². The number of nitrogens with two attached hydrogens (primary N) is 2. The number of nitrogen functional groups attached to an aromatic ring is 1. The number of aromatic nitrogens is 2. The molecule has 0 aliphatic rings. The molecule has 0 aliphatic heterocycles. The van der Waals surface area contributed by atoms with Crippen molar-refractivity contribution < 1.29 is 14.3 Å². The predicted molar refractivity (Wildman–Crippen MR) is 68.0 cm³/mol. The topological polar surface area (TPSA) is 113 Å². The predicted octanol–water partition coefficient (Wildman–Crippen LogP) is 0.959. The Balaban J connectivity index is 2.42. The highest BCUT2D eigenvalue weighted by Gasteiger charge is 2.15. The number of hydrogen-bond donors (Lipinski definition) is 2. The maximum Gasteiger partial charge on any atom is 0.268 e. The summed E-state index contributed by atoms with van der Waals surface area (Å²) < 4.78 is 10.6. The molecule has 2 rings (SSSR count). The lowest BCUT2D eigenvalue weighted by Crippen LogP contribution is -2.12. The van der Waals surface area contributed by atoms with Crippen LogP contribution in [0.25, 0.3) is 0 Å². The van der Waals surface area contributed by atoms with Gasteiger partial charge in [-0.15, -0.1) is 0 Å². The summed E-state index contributed by atoms with van der Waals surface area (Å²) in [4.78, 5) is 19.0. The zero-order valence-electron chi connectivity index (χ0n) is 10.2. The average Bonchev–Trinajstić information content (AvgIpc) is 2.39. The van der Waals surface area contributed by atoms with Crippen molar-refractivity contribution in [1.29, 1.82) is 0 Å². The Bertz CT molecular complexity index is 616. The molecular formula is C12H12N4O3. The van der Waals surface area contributed by atoms with E-state index in [9.17, 15) is 4.79 Å². The molecule has 0 fully saturated rings. The zero-order chi connectivity index (χ0) is 13.8. The largest absolute Gasteiger partial charge is 0.489 e. The van der Waals surface area contributed by atoms with Crippen LogP contribution < -0.4 is 20.9 Å². The molecule has 19 heavy (non-hydrogen) atoms. The van der Waals surface area contributed by atoms with E-state index in [1.807, 2.05) is 0 Å². The van der Waals surface area contributed by atoms with E-state index in [-0.39, 0.29) is 28.8 Å². The molecule has 2 aromatic rings. The number of carbonyl (C=O) groups is 1. The number of benzene rings is 1. The third-order valence-electron chi connectivity index (χ3n) is 2.36. The summed E-state index contributed by atoms with van der Waals surface area (Å²) in [5.74, 6) is 0.123. The number of amides is 1. The molecule has 0 bridgehead atoms. The zero-order valence-corrected chi connectivity index (χ0v) is 10.2. The maximum absolute atomic E-state index is 11.3. The summed E-state index contributed by atoms with van der Waals surface area (Å²) in [6, 6.07) is 6.53. The van der Waals surface area contributed by atoms with Gasteiger partial charge in [0.25, 0.3) is 11.8 Å². The fourth-order valence-electron chi connectivity index (χ4n) is 1.50. The van der Waals surface area contributed by atoms with Gasteiger partial charge in [0.2, 0.25) is 5.75 Å². The van der Waals surface area contributed by atoms with E-state index in [2.05, 4.69) is 9.97 Å². The summed E-state index contributed by atoms with van der Waals surface area (Å²) in [5, 5.41) is 0. The van der Waals surface area contributed by atoms with Gasteiger partial charge in [0.15, 0.2) is 5.82 Å². The molecule has 7 heteroatoms. The van der Waals surface area contributed by atoms with Gasteiger partial charge in [-0.25, -0.2) is 4.98 Å². The van der Waals surface area contributed by atoms with Crippen molar-refractivity contribution >= 4 is 11.7 Å². The van der Waals surface area contributed by atoms with Gasteiger partial charge < -0.3 is 20.9 Å². The van der Waals surface area contributed by atoms with E-state index in [0.29, 0.717) is 0 Å². The smallest absolute Gasteiger partial charge is 0.268 e. The fraction of sp³-hybridized carbons (Fsp3) is 0.0833. The van der Waals surface area contributed by atoms with Gasteiger partial charge in [0, 0.05) is 0 Å². The normalized spacial score (nSPS) is 9.95. The third-order valence-corrected chi connectivity index (χ3v) is 2.36. The van der Waals surface area contributed by atoms with Crippen molar-refractivity contribution in [3.63, 3.8) is 0 Å². The highest BCUT2D eigenvalue weighted by molar-refractivity contribution is 5.95. The van der Waals surface area contributed by atoms with E-state index in [1.165, 1.54) is 13.4 Å². The van der Waals surface area contributed by atoms with Gasteiger partial charge in [-0.3, -0.25) is 4.79 Å². The van der Waals surface area contributed by atoms with Crippen LogP contribution in [0.15, 0.2) is 30.6 Å². The number of carbonyl (C=O) groups excluding carboxylic acids is 1. The minimum Gasteiger partial charge on any atom is -0.489 e. The van der Waals surface area contributed by atoms with Gasteiger partial charge in [-0.1, -0.05) is 12.1 Å². The molecule has 1 aromatic heterocycles. The van der Waals surface area contributed by atoms with E-state index in [4.69, 9.17) is 20.9 Å². The molecule has 0 unspecified atom stereocenters. The summed E-state index contributed by atoms with van der Waals surface area (Å²) in [6.45, 7) is 0. The second-order valence-electron chi connectivity index (χ2n) is 3.56. The first-order chi connectivity index (χ1) is 9.13. The Morgan fingerprint density at radius 1 is 1.26 bits per heavy atom. The fourth-order valence-corrected chi connectivity index (χ4v) is 1.50. The SMILES string of the molecule is COc1c(N)ncnc1Oc1ccccc1C(N)=O. The van der Waals surface area contributed by atoms with E-state index in [1.54, 1.807) is 24.3 Å². The van der Waals surface area contributed by atoms with Gasteiger partial charge in [-0.05, 0) is 12.1 Å². The first-order valence-corrected chi connectivity index (χ1v) is 5.34. The number of anilines is 1. The van der Waals surface area contributed by atoms with Crippen LogP contribution in [0, 0.1) is 0 Å². The maximum atomic E-state index is 11.3. The Labute approximate surface area is 109 Å². The number of rotatable bonds is 4. The summed E-state index contributed by atoms with van der Waals surface area (Å²) in [5.41, 5.74) is 11.1. The van der Waals surface area contributed by atoms with Gasteiger partial charge in [-0.2, -0.15) is 4.98 Å². The Morgan fingerprint density at radius 2 is 2.00 bits per heavy atom. The number of para-hydroxylation sites is 1. The minimum absolute atomic E-state index is 0.115. The van der Waals surface area contributed by atoms with Gasteiger partial charge >= 0.3 is 0 Å². The van der Waals surface area contributed by atoms with Crippen molar-refractivity contribution in [1.82, 2.24) is 9.97 Å². The van der Waals surface area contributed by atoms with Crippen molar-refractivity contribution in [2.24, 2.45) is 5.73 Å². The highest BCUT2D eigenvalue weighted by Crippen LogP contribution is 2.33. The molecule has 4 N–H and O–H groups in total. The molecule has 1 aromatic carbocycles. The number of nitrogens with zero attached hydrogens (tertiary/aromatic N) is 2. The molecular weight excluding hydrogens is 248 g/mol. The first-order valence-electron chi connectivity index (χ1n) is 5.34. The lowest BCUT2D eigenvalue weighted by Gasteiger charge is -2.11. The van der Waals surface area contributed by atoms with Crippen LogP contribution in [-0.4, -0.2) is 23.0 Å². The van der Waals surface area contributed by atoms with Crippen LogP contribution in [-0.2, 0) is 0 Å². The van der Waals surface area contributed by atoms with Crippen LogP contribution in [0.4, 0.5) is 5.82 Å². The first kappa shape index (κ1) is 12.6. The average molecular weight is 260 g/mol. The molecule has 0 saturated carbocycles. The van der Waals surface area contributed by atoms with Crippen molar-refractivity contribution in [3.8, 4) is 17.4 Å². The molecule has 0 radical (unpaired) electrons. The van der Waals surface area contributed by atoms with E-state index in [0.717, 1.165) is 0 Å². The Hall–Kier alpha value is -2.83. The van der Waals surface area contributed by atoms with Crippen LogP contribution in [0.2, 0.25) is 0 Å². The number of methoxy groups -OCH3 is 1. The van der Waals surface area contributed by atoms with E-state index < -0.39 is 5.91 Å². The lowest BCUT2D eigenvalue weighted by molar-refractivity contribution is 0.0998. The summed E-state index contributed by atoms with van der Waals surface area (Å²) in [6.07, 6.45) is 1.24. The second kappa shape index (κ2) is 5.21. The quantitative estimate of drug-likeness (QED) is 0.846. The van der Waals surface area contributed by atoms with Crippen molar-refractivity contribution in [2.75, 3.05) is 12.8 Å². The molecule has 0 spiro atoms. The van der Waals surface area contributed by atoms with Crippen molar-refractivity contribution in [2.45, 2.75) is 0 Å².